The number of methoxy groups -OCH3 is 2. The number of nitrogens with zero attached hydrogens (tertiary/aromatic N) is 1. The molecule has 0 saturated heterocycles. The molecule has 31 heavy (non-hydrogen) atoms. The van der Waals surface area contributed by atoms with Crippen molar-refractivity contribution in [3.05, 3.63) is 59.2 Å². The molecule has 0 aliphatic rings. The first-order valence-electron chi connectivity index (χ1n) is 10.1. The third kappa shape index (κ3) is 9.75. The van der Waals surface area contributed by atoms with E-state index in [1.807, 2.05) is 31.2 Å². The number of ether oxygens (including phenoxy) is 4. The summed E-state index contributed by atoms with van der Waals surface area (Å²) in [7, 11) is 5.04. The predicted octanol–water partition coefficient (Wildman–Crippen LogP) is 3.74. The monoisotopic (exact) mass is 543 g/mol. The molecule has 8 heteroatoms. The van der Waals surface area contributed by atoms with E-state index in [1.54, 1.807) is 21.3 Å². The van der Waals surface area contributed by atoms with E-state index in [9.17, 15) is 0 Å². The lowest BCUT2D eigenvalue weighted by molar-refractivity contribution is 0.0453. The molecule has 0 aromatic heterocycles. The van der Waals surface area contributed by atoms with Crippen molar-refractivity contribution in [1.82, 2.24) is 10.6 Å². The molecule has 7 nitrogen and oxygen atoms in total. The van der Waals surface area contributed by atoms with E-state index in [0.29, 0.717) is 45.5 Å². The highest BCUT2D eigenvalue weighted by Gasteiger charge is 2.06. The van der Waals surface area contributed by atoms with E-state index in [0.717, 1.165) is 28.2 Å². The highest BCUT2D eigenvalue weighted by molar-refractivity contribution is 14.0. The van der Waals surface area contributed by atoms with E-state index in [1.165, 1.54) is 0 Å². The number of halogens is 1. The molecular weight excluding hydrogens is 509 g/mol. The van der Waals surface area contributed by atoms with Crippen molar-refractivity contribution in [3.8, 4) is 11.5 Å². The summed E-state index contributed by atoms with van der Waals surface area (Å²) in [6, 6.07) is 14.1. The Balaban J connectivity index is 0.00000480. The third-order valence-corrected chi connectivity index (χ3v) is 4.46. The number of nitrogens with one attached hydrogen (secondary N) is 2. The molecule has 0 spiro atoms. The van der Waals surface area contributed by atoms with Gasteiger partial charge < -0.3 is 29.6 Å². The van der Waals surface area contributed by atoms with Crippen LogP contribution in [0.25, 0.3) is 0 Å². The van der Waals surface area contributed by atoms with Crippen LogP contribution in [-0.2, 0) is 29.2 Å². The molecule has 0 atom stereocenters. The van der Waals surface area contributed by atoms with E-state index in [4.69, 9.17) is 18.9 Å². The van der Waals surface area contributed by atoms with Crippen LogP contribution in [0, 0.1) is 0 Å². The van der Waals surface area contributed by atoms with Crippen LogP contribution in [0.4, 0.5) is 0 Å². The van der Waals surface area contributed by atoms with E-state index >= 15 is 0 Å². The highest BCUT2D eigenvalue weighted by Crippen LogP contribution is 2.24. The van der Waals surface area contributed by atoms with Gasteiger partial charge in [0.1, 0.15) is 11.5 Å². The molecule has 0 aliphatic heterocycles. The number of hydrogen-bond donors (Lipinski definition) is 2. The Bertz CT molecular complexity index is 802. The van der Waals surface area contributed by atoms with E-state index < -0.39 is 0 Å². The standard InChI is InChI=1S/C23H33N3O4.HI/c1-5-29-11-12-30-17-19-8-6-7-18(13-19)15-25-23(24-2)26-16-20-9-10-21(27-3)14-22(20)28-4;/h6-10,13-14H,5,11-12,15-17H2,1-4H3,(H2,24,25,26);1H. The minimum Gasteiger partial charge on any atom is -0.497 e. The first-order chi connectivity index (χ1) is 14.7. The van der Waals surface area contributed by atoms with Gasteiger partial charge in [-0.1, -0.05) is 24.3 Å². The normalized spacial score (nSPS) is 10.9. The summed E-state index contributed by atoms with van der Waals surface area (Å²) in [6.45, 7) is 5.73. The average Bonchev–Trinajstić information content (AvgIpc) is 2.79. The van der Waals surface area contributed by atoms with Gasteiger partial charge in [0.2, 0.25) is 0 Å². The molecule has 0 bridgehead atoms. The lowest BCUT2D eigenvalue weighted by Gasteiger charge is -2.15. The van der Waals surface area contributed by atoms with Crippen LogP contribution >= 0.6 is 24.0 Å². The molecule has 2 rings (SSSR count). The maximum absolute atomic E-state index is 5.65. The fourth-order valence-corrected chi connectivity index (χ4v) is 2.86. The van der Waals surface area contributed by atoms with Gasteiger partial charge in [-0.2, -0.15) is 0 Å². The Morgan fingerprint density at radius 3 is 2.35 bits per heavy atom. The summed E-state index contributed by atoms with van der Waals surface area (Å²) in [5.41, 5.74) is 3.31. The first kappa shape index (κ1) is 27.0. The van der Waals surface area contributed by atoms with Gasteiger partial charge in [0, 0.05) is 38.4 Å². The number of hydrogen-bond acceptors (Lipinski definition) is 5. The zero-order valence-electron chi connectivity index (χ0n) is 18.8. The van der Waals surface area contributed by atoms with Crippen molar-refractivity contribution in [2.24, 2.45) is 4.99 Å². The minimum absolute atomic E-state index is 0. The molecule has 0 fully saturated rings. The summed E-state index contributed by atoms with van der Waals surface area (Å²) in [5, 5.41) is 6.66. The number of rotatable bonds is 12. The SMILES string of the molecule is CCOCCOCc1cccc(CNC(=NC)NCc2ccc(OC)cc2OC)c1.I. The lowest BCUT2D eigenvalue weighted by atomic mass is 10.1. The second-order valence-electron chi connectivity index (χ2n) is 6.53. The molecule has 0 heterocycles. The zero-order chi connectivity index (χ0) is 21.6. The predicted molar refractivity (Wildman–Crippen MR) is 135 cm³/mol. The van der Waals surface area contributed by atoms with Crippen LogP contribution in [0.15, 0.2) is 47.5 Å². The molecule has 2 aromatic carbocycles. The molecule has 0 radical (unpaired) electrons. The van der Waals surface area contributed by atoms with Crippen molar-refractivity contribution in [1.29, 1.82) is 0 Å². The second-order valence-corrected chi connectivity index (χ2v) is 6.53. The molecule has 0 amide bonds. The van der Waals surface area contributed by atoms with Crippen LogP contribution in [0.3, 0.4) is 0 Å². The fourth-order valence-electron chi connectivity index (χ4n) is 2.86. The van der Waals surface area contributed by atoms with Gasteiger partial charge in [-0.25, -0.2) is 0 Å². The molecule has 0 saturated carbocycles. The summed E-state index contributed by atoms with van der Waals surface area (Å²) in [5.74, 6) is 2.25. The Morgan fingerprint density at radius 2 is 1.65 bits per heavy atom. The number of aliphatic imine (C=N–C) groups is 1. The van der Waals surface area contributed by atoms with Crippen molar-refractivity contribution >= 4 is 29.9 Å². The Labute approximate surface area is 202 Å². The molecule has 0 unspecified atom stereocenters. The average molecular weight is 543 g/mol. The fraction of sp³-hybridized carbons (Fsp3) is 0.435. The topological polar surface area (TPSA) is 73.3 Å². The summed E-state index contributed by atoms with van der Waals surface area (Å²) in [4.78, 5) is 4.30. The number of benzene rings is 2. The van der Waals surface area contributed by atoms with Gasteiger partial charge in [0.05, 0.1) is 34.0 Å². The maximum Gasteiger partial charge on any atom is 0.191 e. The van der Waals surface area contributed by atoms with E-state index in [2.05, 4.69) is 33.8 Å². The number of guanidine groups is 1. The minimum atomic E-state index is 0. The quantitative estimate of drug-likeness (QED) is 0.184. The maximum atomic E-state index is 5.65. The second kappa shape index (κ2) is 15.7. The van der Waals surface area contributed by atoms with Crippen molar-refractivity contribution in [2.45, 2.75) is 26.6 Å². The molecule has 2 aromatic rings. The summed E-state index contributed by atoms with van der Waals surface area (Å²) < 4.78 is 21.6. The molecule has 0 aliphatic carbocycles. The van der Waals surface area contributed by atoms with Crippen molar-refractivity contribution in [3.63, 3.8) is 0 Å². The van der Waals surface area contributed by atoms with Crippen molar-refractivity contribution < 1.29 is 18.9 Å². The van der Waals surface area contributed by atoms with Crippen molar-refractivity contribution in [2.75, 3.05) is 41.1 Å². The smallest absolute Gasteiger partial charge is 0.191 e. The van der Waals surface area contributed by atoms with Crippen LogP contribution < -0.4 is 20.1 Å². The van der Waals surface area contributed by atoms with Gasteiger partial charge in [-0.15, -0.1) is 24.0 Å². The first-order valence-corrected chi connectivity index (χ1v) is 10.1. The van der Waals surface area contributed by atoms with Crippen LogP contribution in [-0.4, -0.2) is 47.0 Å². The lowest BCUT2D eigenvalue weighted by Crippen LogP contribution is -2.36. The largest absolute Gasteiger partial charge is 0.497 e. The van der Waals surface area contributed by atoms with Crippen LogP contribution in [0.5, 0.6) is 11.5 Å². The molecular formula is C23H34IN3O4. The van der Waals surface area contributed by atoms with Gasteiger partial charge >= 0.3 is 0 Å². The van der Waals surface area contributed by atoms with Gasteiger partial charge in [-0.05, 0) is 30.2 Å². The Kier molecular flexibility index (Phi) is 13.7. The molecule has 172 valence electrons. The Morgan fingerprint density at radius 1 is 0.903 bits per heavy atom. The van der Waals surface area contributed by atoms with Gasteiger partial charge in [0.25, 0.3) is 0 Å². The van der Waals surface area contributed by atoms with E-state index in [-0.39, 0.29) is 24.0 Å². The summed E-state index contributed by atoms with van der Waals surface area (Å²) >= 11 is 0. The van der Waals surface area contributed by atoms with Crippen LogP contribution in [0.2, 0.25) is 0 Å². The highest BCUT2D eigenvalue weighted by atomic mass is 127. The van der Waals surface area contributed by atoms with Gasteiger partial charge in [-0.3, -0.25) is 4.99 Å². The third-order valence-electron chi connectivity index (χ3n) is 4.46. The molecule has 2 N–H and O–H groups in total. The van der Waals surface area contributed by atoms with Gasteiger partial charge in [0.15, 0.2) is 5.96 Å². The van der Waals surface area contributed by atoms with Crippen LogP contribution in [0.1, 0.15) is 23.6 Å². The summed E-state index contributed by atoms with van der Waals surface area (Å²) in [6.07, 6.45) is 0. The zero-order valence-corrected chi connectivity index (χ0v) is 21.1. The Hall–Kier alpha value is -2.04.